The molecule has 7 heteroatoms. The number of rotatable bonds is 4. The fraction of sp³-hybridized carbons (Fsp3) is 0.375. The molecule has 0 amide bonds. The minimum absolute atomic E-state index is 0.186. The first-order chi connectivity index (χ1) is 11.0. The average Bonchev–Trinajstić information content (AvgIpc) is 2.84. The van der Waals surface area contributed by atoms with E-state index in [0.29, 0.717) is 30.7 Å². The molecular formula is C16H17N3O4. The highest BCUT2D eigenvalue weighted by molar-refractivity contribution is 5.95. The Morgan fingerprint density at radius 1 is 1.30 bits per heavy atom. The standard InChI is InChI=1S/C16H17N3O4/c1-10-5-7-11(8-6-10)13(20)9-18-16(23)19-12(15(21)22)3-2-4-14(19)17-18/h5-8,12H,2-4,9H2,1H3,(H,21,22)/t12-/m0/s1. The largest absolute Gasteiger partial charge is 0.480 e. The molecule has 0 bridgehead atoms. The van der Waals surface area contributed by atoms with Crippen molar-refractivity contribution in [1.29, 1.82) is 0 Å². The third kappa shape index (κ3) is 2.81. The van der Waals surface area contributed by atoms with Crippen LogP contribution in [0.1, 0.15) is 40.6 Å². The van der Waals surface area contributed by atoms with Gasteiger partial charge in [0.25, 0.3) is 0 Å². The van der Waals surface area contributed by atoms with Gasteiger partial charge in [0.1, 0.15) is 18.4 Å². The molecule has 0 unspecified atom stereocenters. The molecular weight excluding hydrogens is 298 g/mol. The molecule has 23 heavy (non-hydrogen) atoms. The van der Waals surface area contributed by atoms with E-state index in [0.717, 1.165) is 10.2 Å². The normalized spacial score (nSPS) is 16.8. The number of ketones is 1. The van der Waals surface area contributed by atoms with Crippen LogP contribution >= 0.6 is 0 Å². The predicted molar refractivity (Wildman–Crippen MR) is 81.6 cm³/mol. The van der Waals surface area contributed by atoms with E-state index in [2.05, 4.69) is 5.10 Å². The lowest BCUT2D eigenvalue weighted by Crippen LogP contribution is -2.35. The highest BCUT2D eigenvalue weighted by Gasteiger charge is 2.30. The van der Waals surface area contributed by atoms with E-state index in [1.807, 2.05) is 19.1 Å². The summed E-state index contributed by atoms with van der Waals surface area (Å²) in [6, 6.07) is 6.18. The van der Waals surface area contributed by atoms with E-state index in [1.165, 1.54) is 4.57 Å². The summed E-state index contributed by atoms with van der Waals surface area (Å²) >= 11 is 0. The summed E-state index contributed by atoms with van der Waals surface area (Å²) in [6.45, 7) is 1.74. The molecule has 7 nitrogen and oxygen atoms in total. The molecule has 1 aliphatic rings. The van der Waals surface area contributed by atoms with Crippen molar-refractivity contribution in [2.45, 2.75) is 38.8 Å². The Kier molecular flexibility index (Phi) is 3.85. The number of carbonyl (C=O) groups excluding carboxylic acids is 1. The number of nitrogens with zero attached hydrogens (tertiary/aromatic N) is 3. The Balaban J connectivity index is 1.90. The Morgan fingerprint density at radius 2 is 2.00 bits per heavy atom. The van der Waals surface area contributed by atoms with Crippen LogP contribution in [0.5, 0.6) is 0 Å². The number of hydrogen-bond donors (Lipinski definition) is 1. The van der Waals surface area contributed by atoms with E-state index in [4.69, 9.17) is 0 Å². The monoisotopic (exact) mass is 315 g/mol. The minimum Gasteiger partial charge on any atom is -0.480 e. The number of carbonyl (C=O) groups is 2. The van der Waals surface area contributed by atoms with Gasteiger partial charge in [0, 0.05) is 12.0 Å². The third-order valence-electron chi connectivity index (χ3n) is 4.08. The predicted octanol–water partition coefficient (Wildman–Crippen LogP) is 1.20. The van der Waals surface area contributed by atoms with Crippen LogP contribution in [0, 0.1) is 6.92 Å². The molecule has 1 aliphatic heterocycles. The van der Waals surface area contributed by atoms with Crippen LogP contribution in [-0.2, 0) is 17.8 Å². The fourth-order valence-electron chi connectivity index (χ4n) is 2.83. The quantitative estimate of drug-likeness (QED) is 0.856. The number of fused-ring (bicyclic) bond motifs is 1. The maximum absolute atomic E-state index is 12.4. The van der Waals surface area contributed by atoms with Gasteiger partial charge in [-0.05, 0) is 19.8 Å². The molecule has 0 saturated heterocycles. The highest BCUT2D eigenvalue weighted by Crippen LogP contribution is 2.21. The second-order valence-corrected chi connectivity index (χ2v) is 5.76. The molecule has 2 heterocycles. The Labute approximate surface area is 132 Å². The lowest BCUT2D eigenvalue weighted by atomic mass is 10.1. The molecule has 0 spiro atoms. The average molecular weight is 315 g/mol. The zero-order valence-corrected chi connectivity index (χ0v) is 12.7. The molecule has 120 valence electrons. The highest BCUT2D eigenvalue weighted by atomic mass is 16.4. The fourth-order valence-corrected chi connectivity index (χ4v) is 2.83. The summed E-state index contributed by atoms with van der Waals surface area (Å²) in [6.07, 6.45) is 1.61. The van der Waals surface area contributed by atoms with E-state index in [9.17, 15) is 19.5 Å². The van der Waals surface area contributed by atoms with Crippen molar-refractivity contribution in [2.75, 3.05) is 0 Å². The van der Waals surface area contributed by atoms with Gasteiger partial charge in [0.05, 0.1) is 0 Å². The molecule has 0 fully saturated rings. The third-order valence-corrected chi connectivity index (χ3v) is 4.08. The van der Waals surface area contributed by atoms with Gasteiger partial charge in [-0.15, -0.1) is 0 Å². The number of carboxylic acid groups (broad SMARTS) is 1. The SMILES string of the molecule is Cc1ccc(C(=O)Cn2nc3n(c2=O)[C@H](C(=O)O)CCC3)cc1. The number of aryl methyl sites for hydroxylation is 2. The molecule has 1 N–H and O–H groups in total. The molecule has 1 aromatic carbocycles. The molecule has 3 rings (SSSR count). The zero-order valence-electron chi connectivity index (χ0n) is 12.7. The second kappa shape index (κ2) is 5.83. The molecule has 0 aliphatic carbocycles. The van der Waals surface area contributed by atoms with Gasteiger partial charge in [0.2, 0.25) is 0 Å². The van der Waals surface area contributed by atoms with Crippen molar-refractivity contribution in [3.63, 3.8) is 0 Å². The van der Waals surface area contributed by atoms with Crippen molar-refractivity contribution in [2.24, 2.45) is 0 Å². The van der Waals surface area contributed by atoms with E-state index < -0.39 is 17.7 Å². The molecule has 0 saturated carbocycles. The van der Waals surface area contributed by atoms with Gasteiger partial charge in [-0.2, -0.15) is 5.10 Å². The first kappa shape index (κ1) is 15.2. The van der Waals surface area contributed by atoms with Crippen LogP contribution in [0.15, 0.2) is 29.1 Å². The van der Waals surface area contributed by atoms with Crippen molar-refractivity contribution in [1.82, 2.24) is 14.3 Å². The topological polar surface area (TPSA) is 94.2 Å². The summed E-state index contributed by atoms with van der Waals surface area (Å²) in [5, 5.41) is 13.4. The van der Waals surface area contributed by atoms with Gasteiger partial charge < -0.3 is 5.11 Å². The smallest absolute Gasteiger partial charge is 0.347 e. The zero-order chi connectivity index (χ0) is 16.6. The first-order valence-corrected chi connectivity index (χ1v) is 7.48. The van der Waals surface area contributed by atoms with Crippen molar-refractivity contribution >= 4 is 11.8 Å². The summed E-state index contributed by atoms with van der Waals surface area (Å²) in [5.74, 6) is -0.836. The van der Waals surface area contributed by atoms with Crippen LogP contribution in [0.2, 0.25) is 0 Å². The number of hydrogen-bond acceptors (Lipinski definition) is 4. The molecule has 1 aromatic heterocycles. The van der Waals surface area contributed by atoms with Gasteiger partial charge in [-0.1, -0.05) is 29.8 Å². The van der Waals surface area contributed by atoms with Crippen LogP contribution in [-0.4, -0.2) is 31.2 Å². The van der Waals surface area contributed by atoms with Crippen LogP contribution in [0.4, 0.5) is 0 Å². The van der Waals surface area contributed by atoms with Crippen molar-refractivity contribution in [3.05, 3.63) is 51.7 Å². The van der Waals surface area contributed by atoms with Gasteiger partial charge >= 0.3 is 11.7 Å². The number of aliphatic carboxylic acids is 1. The number of aromatic nitrogens is 3. The van der Waals surface area contributed by atoms with E-state index in [1.54, 1.807) is 12.1 Å². The summed E-state index contributed by atoms with van der Waals surface area (Å²) < 4.78 is 2.27. The minimum atomic E-state index is -1.04. The van der Waals surface area contributed by atoms with Crippen molar-refractivity contribution in [3.8, 4) is 0 Å². The Bertz CT molecular complexity index is 817. The van der Waals surface area contributed by atoms with Gasteiger partial charge in [0.15, 0.2) is 5.78 Å². The van der Waals surface area contributed by atoms with Crippen LogP contribution < -0.4 is 5.69 Å². The number of benzene rings is 1. The second-order valence-electron chi connectivity index (χ2n) is 5.76. The Morgan fingerprint density at radius 3 is 2.65 bits per heavy atom. The maximum Gasteiger partial charge on any atom is 0.347 e. The van der Waals surface area contributed by atoms with Gasteiger partial charge in [-0.3, -0.25) is 9.36 Å². The molecule has 2 aromatic rings. The maximum atomic E-state index is 12.4. The molecule has 0 radical (unpaired) electrons. The number of carboxylic acids is 1. The van der Waals surface area contributed by atoms with E-state index in [-0.39, 0.29) is 12.3 Å². The van der Waals surface area contributed by atoms with E-state index >= 15 is 0 Å². The lowest BCUT2D eigenvalue weighted by molar-refractivity contribution is -0.141. The summed E-state index contributed by atoms with van der Waals surface area (Å²) in [7, 11) is 0. The number of Topliss-reactive ketones (excluding diaryl/α,β-unsaturated/α-hetero) is 1. The molecule has 1 atom stereocenters. The Hall–Kier alpha value is -2.70. The first-order valence-electron chi connectivity index (χ1n) is 7.48. The van der Waals surface area contributed by atoms with Crippen LogP contribution in [0.3, 0.4) is 0 Å². The van der Waals surface area contributed by atoms with Crippen molar-refractivity contribution < 1.29 is 14.7 Å². The van der Waals surface area contributed by atoms with Gasteiger partial charge in [-0.25, -0.2) is 14.3 Å². The lowest BCUT2D eigenvalue weighted by Gasteiger charge is -2.19. The summed E-state index contributed by atoms with van der Waals surface area (Å²) in [4.78, 5) is 36.0. The summed E-state index contributed by atoms with van der Waals surface area (Å²) in [5.41, 5.74) is 1.01. The van der Waals surface area contributed by atoms with Crippen LogP contribution in [0.25, 0.3) is 0 Å².